The van der Waals surface area contributed by atoms with Crippen LogP contribution < -0.4 is 10.1 Å². The second-order valence-electron chi connectivity index (χ2n) is 4.39. The molecule has 0 atom stereocenters. The van der Waals surface area contributed by atoms with Gasteiger partial charge in [0.05, 0.1) is 37.4 Å². The number of rotatable bonds is 5. The van der Waals surface area contributed by atoms with Crippen molar-refractivity contribution in [1.29, 1.82) is 0 Å². The Morgan fingerprint density at radius 1 is 1.19 bits per heavy atom. The van der Waals surface area contributed by atoms with Crippen LogP contribution in [0.4, 0.5) is 5.69 Å². The fraction of sp³-hybridized carbons (Fsp3) is 0.133. The molecular weight excluding hydrogens is 266 g/mol. The second kappa shape index (κ2) is 6.04. The lowest BCUT2D eigenvalue weighted by atomic mass is 10.3. The molecule has 6 nitrogen and oxygen atoms in total. The maximum Gasteiger partial charge on any atom is 0.213 e. The predicted molar refractivity (Wildman–Crippen MR) is 79.5 cm³/mol. The molecule has 0 aliphatic heterocycles. The van der Waals surface area contributed by atoms with Crippen molar-refractivity contribution in [2.24, 2.45) is 0 Å². The Morgan fingerprint density at radius 2 is 2.14 bits per heavy atom. The third-order valence-corrected chi connectivity index (χ3v) is 2.93. The Labute approximate surface area is 122 Å². The van der Waals surface area contributed by atoms with Crippen molar-refractivity contribution in [2.75, 3.05) is 12.4 Å². The summed E-state index contributed by atoms with van der Waals surface area (Å²) >= 11 is 0. The number of anilines is 1. The molecule has 0 aromatic carbocycles. The first-order valence-corrected chi connectivity index (χ1v) is 6.55. The first-order valence-electron chi connectivity index (χ1n) is 6.55. The summed E-state index contributed by atoms with van der Waals surface area (Å²) in [5, 5.41) is 7.55. The normalized spacial score (nSPS) is 10.3. The van der Waals surface area contributed by atoms with Gasteiger partial charge in [-0.1, -0.05) is 12.1 Å². The van der Waals surface area contributed by atoms with E-state index in [1.165, 1.54) is 0 Å². The van der Waals surface area contributed by atoms with Gasteiger partial charge in [0.1, 0.15) is 0 Å². The van der Waals surface area contributed by atoms with Gasteiger partial charge >= 0.3 is 0 Å². The Balaban J connectivity index is 1.67. The molecule has 0 unspecified atom stereocenters. The van der Waals surface area contributed by atoms with Crippen LogP contribution in [-0.2, 0) is 6.54 Å². The van der Waals surface area contributed by atoms with Crippen LogP contribution in [0.2, 0.25) is 0 Å². The molecule has 1 N–H and O–H groups in total. The van der Waals surface area contributed by atoms with E-state index in [0.29, 0.717) is 12.4 Å². The number of hydrogen-bond acceptors (Lipinski definition) is 5. The number of nitrogens with zero attached hydrogens (tertiary/aromatic N) is 4. The van der Waals surface area contributed by atoms with E-state index in [2.05, 4.69) is 20.4 Å². The van der Waals surface area contributed by atoms with E-state index in [1.807, 2.05) is 42.6 Å². The molecule has 3 aromatic rings. The SMILES string of the molecule is COc1cccc(CNc2cnn(-c3ccccn3)c2)n1. The maximum absolute atomic E-state index is 5.11. The fourth-order valence-corrected chi connectivity index (χ4v) is 1.89. The maximum atomic E-state index is 5.11. The minimum atomic E-state index is 0.602. The molecule has 0 aliphatic rings. The molecule has 3 heterocycles. The smallest absolute Gasteiger partial charge is 0.213 e. The van der Waals surface area contributed by atoms with Gasteiger partial charge in [-0.3, -0.25) is 0 Å². The fourth-order valence-electron chi connectivity index (χ4n) is 1.89. The van der Waals surface area contributed by atoms with Gasteiger partial charge < -0.3 is 10.1 Å². The third-order valence-electron chi connectivity index (χ3n) is 2.93. The topological polar surface area (TPSA) is 64.9 Å². The molecular formula is C15H15N5O. The van der Waals surface area contributed by atoms with Crippen molar-refractivity contribution in [2.45, 2.75) is 6.54 Å². The van der Waals surface area contributed by atoms with Crippen LogP contribution in [0.3, 0.4) is 0 Å². The van der Waals surface area contributed by atoms with Gasteiger partial charge in [0.25, 0.3) is 0 Å². The van der Waals surface area contributed by atoms with Gasteiger partial charge in [-0.2, -0.15) is 5.10 Å². The molecule has 6 heteroatoms. The van der Waals surface area contributed by atoms with E-state index in [-0.39, 0.29) is 0 Å². The van der Waals surface area contributed by atoms with E-state index >= 15 is 0 Å². The van der Waals surface area contributed by atoms with Crippen LogP contribution >= 0.6 is 0 Å². The average molecular weight is 281 g/mol. The van der Waals surface area contributed by atoms with Crippen LogP contribution in [0.15, 0.2) is 55.0 Å². The van der Waals surface area contributed by atoms with Crippen LogP contribution in [0.25, 0.3) is 5.82 Å². The van der Waals surface area contributed by atoms with Crippen LogP contribution in [0.1, 0.15) is 5.69 Å². The first kappa shape index (κ1) is 13.1. The molecule has 0 saturated carbocycles. The summed E-state index contributed by atoms with van der Waals surface area (Å²) in [5.41, 5.74) is 1.81. The number of aromatic nitrogens is 4. The highest BCUT2D eigenvalue weighted by atomic mass is 16.5. The van der Waals surface area contributed by atoms with Crippen LogP contribution in [0.5, 0.6) is 5.88 Å². The Hall–Kier alpha value is -2.89. The highest BCUT2D eigenvalue weighted by Gasteiger charge is 2.02. The van der Waals surface area contributed by atoms with Crippen molar-refractivity contribution in [3.63, 3.8) is 0 Å². The number of nitrogens with one attached hydrogen (secondary N) is 1. The largest absolute Gasteiger partial charge is 0.481 e. The molecule has 0 bridgehead atoms. The lowest BCUT2D eigenvalue weighted by Crippen LogP contribution is -2.02. The molecule has 0 amide bonds. The van der Waals surface area contributed by atoms with E-state index in [0.717, 1.165) is 17.2 Å². The van der Waals surface area contributed by atoms with Gasteiger partial charge in [-0.15, -0.1) is 0 Å². The summed E-state index contributed by atoms with van der Waals surface area (Å²) in [5.74, 6) is 1.39. The highest BCUT2D eigenvalue weighted by Crippen LogP contribution is 2.12. The molecule has 0 saturated heterocycles. The molecule has 106 valence electrons. The van der Waals surface area contributed by atoms with E-state index in [9.17, 15) is 0 Å². The predicted octanol–water partition coefficient (Wildman–Crippen LogP) is 2.28. The van der Waals surface area contributed by atoms with Gasteiger partial charge in [0.15, 0.2) is 5.82 Å². The van der Waals surface area contributed by atoms with Gasteiger partial charge in [0.2, 0.25) is 5.88 Å². The average Bonchev–Trinajstić information content (AvgIpc) is 3.03. The number of methoxy groups -OCH3 is 1. The Kier molecular flexibility index (Phi) is 3.77. The lowest BCUT2D eigenvalue weighted by Gasteiger charge is -2.04. The molecule has 0 fully saturated rings. The minimum Gasteiger partial charge on any atom is -0.481 e. The van der Waals surface area contributed by atoms with Crippen molar-refractivity contribution in [3.8, 4) is 11.7 Å². The van der Waals surface area contributed by atoms with Gasteiger partial charge in [-0.25, -0.2) is 14.6 Å². The summed E-state index contributed by atoms with van der Waals surface area (Å²) in [6.45, 7) is 0.602. The summed E-state index contributed by atoms with van der Waals surface area (Å²) in [4.78, 5) is 8.59. The molecule has 3 aromatic heterocycles. The molecule has 21 heavy (non-hydrogen) atoms. The lowest BCUT2D eigenvalue weighted by molar-refractivity contribution is 0.396. The molecule has 0 radical (unpaired) electrons. The second-order valence-corrected chi connectivity index (χ2v) is 4.39. The number of hydrogen-bond donors (Lipinski definition) is 1. The van der Waals surface area contributed by atoms with Crippen molar-refractivity contribution < 1.29 is 4.74 Å². The van der Waals surface area contributed by atoms with Crippen molar-refractivity contribution in [1.82, 2.24) is 19.7 Å². The minimum absolute atomic E-state index is 0.602. The summed E-state index contributed by atoms with van der Waals surface area (Å²) in [6, 6.07) is 11.4. The summed E-state index contributed by atoms with van der Waals surface area (Å²) < 4.78 is 6.83. The molecule has 0 spiro atoms. The Morgan fingerprint density at radius 3 is 2.95 bits per heavy atom. The van der Waals surface area contributed by atoms with E-state index in [4.69, 9.17) is 4.74 Å². The van der Waals surface area contributed by atoms with Crippen LogP contribution in [-0.4, -0.2) is 26.9 Å². The number of ether oxygens (including phenoxy) is 1. The number of pyridine rings is 2. The van der Waals surface area contributed by atoms with Crippen LogP contribution in [0, 0.1) is 0 Å². The third kappa shape index (κ3) is 3.17. The zero-order chi connectivity index (χ0) is 14.5. The quantitative estimate of drug-likeness (QED) is 0.777. The van der Waals surface area contributed by atoms with E-state index < -0.39 is 0 Å². The Bertz CT molecular complexity index is 711. The van der Waals surface area contributed by atoms with Gasteiger partial charge in [-0.05, 0) is 18.2 Å². The monoisotopic (exact) mass is 281 g/mol. The van der Waals surface area contributed by atoms with Crippen molar-refractivity contribution >= 4 is 5.69 Å². The first-order chi connectivity index (χ1) is 10.3. The zero-order valence-corrected chi connectivity index (χ0v) is 11.6. The van der Waals surface area contributed by atoms with E-state index in [1.54, 1.807) is 24.2 Å². The zero-order valence-electron chi connectivity index (χ0n) is 11.6. The summed E-state index contributed by atoms with van der Waals surface area (Å²) in [6.07, 6.45) is 5.39. The highest BCUT2D eigenvalue weighted by molar-refractivity contribution is 5.41. The molecule has 3 rings (SSSR count). The molecule has 0 aliphatic carbocycles. The summed E-state index contributed by atoms with van der Waals surface area (Å²) in [7, 11) is 1.61. The standard InChI is InChI=1S/C15H15N5O/c1-21-15-7-4-5-12(19-15)9-17-13-10-18-20(11-13)14-6-2-3-8-16-14/h2-8,10-11,17H,9H2,1H3. The van der Waals surface area contributed by atoms with Crippen molar-refractivity contribution in [3.05, 3.63) is 60.7 Å². The van der Waals surface area contributed by atoms with Gasteiger partial charge in [0, 0.05) is 12.3 Å².